The minimum atomic E-state index is -2.79. The Bertz CT molecular complexity index is 947. The molecule has 0 N–H and O–H groups in total. The van der Waals surface area contributed by atoms with Gasteiger partial charge in [-0.25, -0.2) is 0 Å². The molecule has 3 aromatic carbocycles. The largest absolute Gasteiger partial charge is 0.458 e. The molecule has 0 fully saturated rings. The molecular weight excluding hydrogens is 487 g/mol. The summed E-state index contributed by atoms with van der Waals surface area (Å²) < 4.78 is 20.8. The molecule has 0 bridgehead atoms. The van der Waals surface area contributed by atoms with E-state index in [-0.39, 0.29) is 0 Å². The molecule has 4 rings (SSSR count). The highest BCUT2D eigenvalue weighted by Gasteiger charge is 2.53. The van der Waals surface area contributed by atoms with Crippen molar-refractivity contribution in [2.24, 2.45) is 0 Å². The standard InChI is InChI=1S/C26H28O3PS3/c1-20-4-10-23(11-5-20)16-27-30(26-19-31-33-32-26,28-17-24-12-6-21(2)7-13-24)29-18-25-14-8-22(3)9-15-25/h4-15,19H,16-18H2,1-3H3/q+1. The topological polar surface area (TPSA) is 27.7 Å². The van der Waals surface area contributed by atoms with Crippen molar-refractivity contribution >= 4 is 39.4 Å². The van der Waals surface area contributed by atoms with Crippen molar-refractivity contribution in [3.63, 3.8) is 0 Å². The molecule has 1 heterocycles. The third-order valence-electron chi connectivity index (χ3n) is 5.14. The Labute approximate surface area is 209 Å². The molecule has 1 aliphatic rings. The quantitative estimate of drug-likeness (QED) is 0.197. The smallest absolute Gasteiger partial charge is 0.168 e. The molecule has 0 amide bonds. The molecule has 0 saturated carbocycles. The molecule has 3 nitrogen and oxygen atoms in total. The Balaban J connectivity index is 1.58. The minimum absolute atomic E-state index is 0.434. The SMILES string of the molecule is Cc1ccc(CO[P+](OCc2ccc(C)cc2)(OCc2ccc(C)cc2)C2=CSSS2)cc1. The van der Waals surface area contributed by atoms with Crippen molar-refractivity contribution in [2.45, 2.75) is 40.6 Å². The van der Waals surface area contributed by atoms with Gasteiger partial charge < -0.3 is 0 Å². The Morgan fingerprint density at radius 2 is 0.939 bits per heavy atom. The van der Waals surface area contributed by atoms with Crippen molar-refractivity contribution in [3.8, 4) is 0 Å². The summed E-state index contributed by atoms with van der Waals surface area (Å²) in [7, 11) is 2.28. The molecule has 0 aromatic heterocycles. The van der Waals surface area contributed by atoms with Crippen LogP contribution in [0.5, 0.6) is 0 Å². The van der Waals surface area contributed by atoms with Gasteiger partial charge >= 0.3 is 7.94 Å². The second-order valence-electron chi connectivity index (χ2n) is 7.98. The summed E-state index contributed by atoms with van der Waals surface area (Å²) in [6, 6.07) is 25.2. The van der Waals surface area contributed by atoms with Crippen LogP contribution in [0, 0.1) is 20.8 Å². The number of benzene rings is 3. The van der Waals surface area contributed by atoms with E-state index in [0.717, 1.165) is 21.3 Å². The number of hydrogen-bond donors (Lipinski definition) is 0. The van der Waals surface area contributed by atoms with E-state index >= 15 is 0 Å². The molecule has 33 heavy (non-hydrogen) atoms. The second kappa shape index (κ2) is 11.9. The van der Waals surface area contributed by atoms with Crippen LogP contribution < -0.4 is 0 Å². The summed E-state index contributed by atoms with van der Waals surface area (Å²) in [5.41, 5.74) is 7.00. The lowest BCUT2D eigenvalue weighted by molar-refractivity contribution is 0.128. The van der Waals surface area contributed by atoms with Crippen LogP contribution in [0.3, 0.4) is 0 Å². The molecule has 0 radical (unpaired) electrons. The molecular formula is C26H28O3PS3+. The number of hydrogen-bond acceptors (Lipinski definition) is 6. The summed E-state index contributed by atoms with van der Waals surface area (Å²) in [5.74, 6) is 0. The van der Waals surface area contributed by atoms with Crippen LogP contribution in [0.4, 0.5) is 0 Å². The van der Waals surface area contributed by atoms with Crippen LogP contribution in [-0.2, 0) is 33.4 Å². The van der Waals surface area contributed by atoms with E-state index < -0.39 is 7.94 Å². The van der Waals surface area contributed by atoms with E-state index in [1.807, 2.05) is 0 Å². The monoisotopic (exact) mass is 515 g/mol. The van der Waals surface area contributed by atoms with E-state index in [0.29, 0.717) is 19.8 Å². The van der Waals surface area contributed by atoms with Crippen LogP contribution in [0.1, 0.15) is 33.4 Å². The van der Waals surface area contributed by atoms with Crippen LogP contribution in [0.15, 0.2) is 82.9 Å². The average Bonchev–Trinajstić information content (AvgIpc) is 3.38. The summed E-state index contributed by atoms with van der Waals surface area (Å²) in [6.07, 6.45) is 0. The normalized spacial score (nSPS) is 13.8. The highest BCUT2D eigenvalue weighted by atomic mass is 33.5. The maximum Gasteiger partial charge on any atom is 0.458 e. The first-order valence-corrected chi connectivity index (χ1v) is 15.8. The van der Waals surface area contributed by atoms with Gasteiger partial charge in [-0.1, -0.05) is 89.5 Å². The zero-order valence-corrected chi connectivity index (χ0v) is 22.4. The van der Waals surface area contributed by atoms with Crippen molar-refractivity contribution < 1.29 is 13.6 Å². The molecule has 172 valence electrons. The lowest BCUT2D eigenvalue weighted by Gasteiger charge is -2.22. The fourth-order valence-electron chi connectivity index (χ4n) is 3.08. The molecule has 0 aliphatic carbocycles. The van der Waals surface area contributed by atoms with Crippen LogP contribution >= 0.6 is 39.4 Å². The van der Waals surface area contributed by atoms with Gasteiger partial charge in [0.25, 0.3) is 0 Å². The summed E-state index contributed by atoms with van der Waals surface area (Å²) in [6.45, 7) is 7.57. The molecule has 0 spiro atoms. The van der Waals surface area contributed by atoms with E-state index in [4.69, 9.17) is 13.6 Å². The summed E-state index contributed by atoms with van der Waals surface area (Å²) >= 11 is 0. The van der Waals surface area contributed by atoms with E-state index in [2.05, 4.69) is 99.0 Å². The molecule has 0 atom stereocenters. The molecule has 1 aliphatic heterocycles. The minimum Gasteiger partial charge on any atom is -0.168 e. The average molecular weight is 516 g/mol. The molecule has 3 aromatic rings. The van der Waals surface area contributed by atoms with Crippen LogP contribution in [0.25, 0.3) is 0 Å². The predicted molar refractivity (Wildman–Crippen MR) is 146 cm³/mol. The van der Waals surface area contributed by atoms with Gasteiger partial charge in [-0.05, 0) is 58.1 Å². The number of aryl methyl sites for hydroxylation is 3. The van der Waals surface area contributed by atoms with Gasteiger partial charge in [-0.15, -0.1) is 0 Å². The highest BCUT2D eigenvalue weighted by molar-refractivity contribution is 9.12. The zero-order chi connectivity index (χ0) is 23.1. The van der Waals surface area contributed by atoms with E-state index in [1.165, 1.54) is 16.7 Å². The molecule has 0 saturated heterocycles. The second-order valence-corrected chi connectivity index (χ2v) is 14.4. The van der Waals surface area contributed by atoms with E-state index in [9.17, 15) is 0 Å². The number of rotatable bonds is 10. The maximum absolute atomic E-state index is 6.58. The zero-order valence-electron chi connectivity index (χ0n) is 19.0. The highest BCUT2D eigenvalue weighted by Crippen LogP contribution is 2.77. The molecule has 0 unspecified atom stereocenters. The first kappa shape index (κ1) is 24.9. The maximum atomic E-state index is 6.58. The predicted octanol–water partition coefficient (Wildman–Crippen LogP) is 9.17. The van der Waals surface area contributed by atoms with Gasteiger partial charge in [0.05, 0.1) is 0 Å². The third-order valence-corrected chi connectivity index (χ3v) is 12.2. The van der Waals surface area contributed by atoms with Crippen molar-refractivity contribution in [3.05, 3.63) is 116 Å². The first-order chi connectivity index (χ1) is 16.0. The van der Waals surface area contributed by atoms with Crippen molar-refractivity contribution in [2.75, 3.05) is 0 Å². The van der Waals surface area contributed by atoms with Gasteiger partial charge in [-0.2, -0.15) is 13.6 Å². The Morgan fingerprint density at radius 3 is 1.24 bits per heavy atom. The van der Waals surface area contributed by atoms with Crippen molar-refractivity contribution in [1.29, 1.82) is 0 Å². The van der Waals surface area contributed by atoms with Gasteiger partial charge in [0.2, 0.25) is 4.65 Å². The van der Waals surface area contributed by atoms with Gasteiger partial charge in [0.15, 0.2) is 0 Å². The van der Waals surface area contributed by atoms with Gasteiger partial charge in [-0.3, -0.25) is 0 Å². The first-order valence-electron chi connectivity index (χ1n) is 10.7. The Kier molecular flexibility index (Phi) is 9.00. The lowest BCUT2D eigenvalue weighted by atomic mass is 10.2. The Hall–Kier alpha value is -1.24. The van der Waals surface area contributed by atoms with Crippen LogP contribution in [0.2, 0.25) is 0 Å². The third kappa shape index (κ3) is 7.12. The van der Waals surface area contributed by atoms with Gasteiger partial charge in [0.1, 0.15) is 19.8 Å². The van der Waals surface area contributed by atoms with Crippen molar-refractivity contribution in [1.82, 2.24) is 0 Å². The summed E-state index contributed by atoms with van der Waals surface area (Å²) in [5, 5.41) is 2.11. The van der Waals surface area contributed by atoms with E-state index in [1.54, 1.807) is 31.4 Å². The van der Waals surface area contributed by atoms with Crippen LogP contribution in [-0.4, -0.2) is 0 Å². The molecule has 7 heteroatoms. The van der Waals surface area contributed by atoms with Gasteiger partial charge in [0, 0.05) is 16.2 Å². The fourth-order valence-corrected chi connectivity index (χ4v) is 11.1. The summed E-state index contributed by atoms with van der Waals surface area (Å²) in [4.78, 5) is 0. The lowest BCUT2D eigenvalue weighted by Crippen LogP contribution is -2.09. The fraction of sp³-hybridized carbons (Fsp3) is 0.231. The Morgan fingerprint density at radius 1 is 0.576 bits per heavy atom.